The molecule has 1 heterocycles. The SMILES string of the molecule is CC(CNC(C)(C)C)C(C)c1cnnn1-c1ccccc1. The molecule has 1 N–H and O–H groups in total. The molecule has 114 valence electrons. The third-order valence-electron chi connectivity index (χ3n) is 3.85. The Balaban J connectivity index is 2.13. The Morgan fingerprint density at radius 3 is 2.43 bits per heavy atom. The van der Waals surface area contributed by atoms with Crippen LogP contribution in [-0.2, 0) is 0 Å². The van der Waals surface area contributed by atoms with E-state index in [2.05, 4.69) is 62.4 Å². The lowest BCUT2D eigenvalue weighted by molar-refractivity contribution is 0.355. The van der Waals surface area contributed by atoms with E-state index in [-0.39, 0.29) is 5.54 Å². The lowest BCUT2D eigenvalue weighted by atomic mass is 9.92. The second-order valence-electron chi connectivity index (χ2n) is 6.80. The molecule has 0 fully saturated rings. The first-order valence-corrected chi connectivity index (χ1v) is 7.59. The Morgan fingerprint density at radius 1 is 1.14 bits per heavy atom. The van der Waals surface area contributed by atoms with Crippen LogP contribution in [0.25, 0.3) is 5.69 Å². The minimum absolute atomic E-state index is 0.145. The largest absolute Gasteiger partial charge is 0.312 e. The Bertz CT molecular complexity index is 554. The van der Waals surface area contributed by atoms with Crippen LogP contribution in [0.5, 0.6) is 0 Å². The van der Waals surface area contributed by atoms with Gasteiger partial charge in [0.2, 0.25) is 0 Å². The van der Waals surface area contributed by atoms with Crippen LogP contribution in [0, 0.1) is 5.92 Å². The van der Waals surface area contributed by atoms with Crippen molar-refractivity contribution < 1.29 is 0 Å². The summed E-state index contributed by atoms with van der Waals surface area (Å²) in [6.07, 6.45) is 1.88. The van der Waals surface area contributed by atoms with Crippen molar-refractivity contribution in [1.82, 2.24) is 20.3 Å². The summed E-state index contributed by atoms with van der Waals surface area (Å²) >= 11 is 0. The molecule has 21 heavy (non-hydrogen) atoms. The predicted octanol–water partition coefficient (Wildman–Crippen LogP) is 3.40. The van der Waals surface area contributed by atoms with E-state index in [9.17, 15) is 0 Å². The van der Waals surface area contributed by atoms with Gasteiger partial charge in [-0.05, 0) is 45.4 Å². The molecule has 0 saturated heterocycles. The van der Waals surface area contributed by atoms with Gasteiger partial charge in [-0.3, -0.25) is 0 Å². The fraction of sp³-hybridized carbons (Fsp3) is 0.529. The van der Waals surface area contributed by atoms with E-state index >= 15 is 0 Å². The highest BCUT2D eigenvalue weighted by atomic mass is 15.4. The van der Waals surface area contributed by atoms with Crippen LogP contribution in [0.1, 0.15) is 46.2 Å². The molecule has 2 unspecified atom stereocenters. The first-order valence-electron chi connectivity index (χ1n) is 7.59. The highest BCUT2D eigenvalue weighted by Crippen LogP contribution is 2.25. The number of rotatable bonds is 5. The number of aromatic nitrogens is 3. The number of nitrogens with one attached hydrogen (secondary N) is 1. The standard InChI is InChI=1S/C17H26N4/c1-13(11-18-17(3,4)5)14(2)16-12-19-20-21(16)15-9-7-6-8-10-15/h6-10,12-14,18H,11H2,1-5H3. The van der Waals surface area contributed by atoms with E-state index in [0.29, 0.717) is 11.8 Å². The van der Waals surface area contributed by atoms with E-state index in [1.807, 2.05) is 29.1 Å². The summed E-state index contributed by atoms with van der Waals surface area (Å²) in [4.78, 5) is 0. The zero-order chi connectivity index (χ0) is 15.5. The van der Waals surface area contributed by atoms with Crippen LogP contribution in [0.4, 0.5) is 0 Å². The van der Waals surface area contributed by atoms with Gasteiger partial charge in [-0.1, -0.05) is 37.3 Å². The molecule has 4 heteroatoms. The number of hydrogen-bond acceptors (Lipinski definition) is 3. The minimum Gasteiger partial charge on any atom is -0.312 e. The molecule has 2 aromatic rings. The van der Waals surface area contributed by atoms with Gasteiger partial charge in [0.15, 0.2) is 0 Å². The molecular formula is C17H26N4. The molecule has 0 aliphatic carbocycles. The lowest BCUT2D eigenvalue weighted by Crippen LogP contribution is -2.39. The summed E-state index contributed by atoms with van der Waals surface area (Å²) < 4.78 is 1.94. The lowest BCUT2D eigenvalue weighted by Gasteiger charge is -2.26. The van der Waals surface area contributed by atoms with Crippen molar-refractivity contribution in [2.24, 2.45) is 5.92 Å². The summed E-state index contributed by atoms with van der Waals surface area (Å²) in [5.74, 6) is 0.889. The maximum absolute atomic E-state index is 4.25. The summed E-state index contributed by atoms with van der Waals surface area (Å²) in [5, 5.41) is 11.9. The number of hydrogen-bond donors (Lipinski definition) is 1. The quantitative estimate of drug-likeness (QED) is 0.916. The van der Waals surface area contributed by atoms with E-state index in [1.165, 1.54) is 0 Å². The van der Waals surface area contributed by atoms with Gasteiger partial charge in [0.1, 0.15) is 0 Å². The topological polar surface area (TPSA) is 42.7 Å². The van der Waals surface area contributed by atoms with Crippen molar-refractivity contribution in [3.8, 4) is 5.69 Å². The monoisotopic (exact) mass is 286 g/mol. The highest BCUT2D eigenvalue weighted by molar-refractivity contribution is 5.32. The van der Waals surface area contributed by atoms with Crippen molar-refractivity contribution in [3.63, 3.8) is 0 Å². The normalized spacial score (nSPS) is 14.9. The number of benzene rings is 1. The molecule has 0 aliphatic rings. The molecule has 4 nitrogen and oxygen atoms in total. The fourth-order valence-corrected chi connectivity index (χ4v) is 2.26. The Labute approximate surface area is 127 Å². The third-order valence-corrected chi connectivity index (χ3v) is 3.85. The van der Waals surface area contributed by atoms with Crippen LogP contribution in [-0.4, -0.2) is 27.1 Å². The summed E-state index contributed by atoms with van der Waals surface area (Å²) in [6, 6.07) is 10.2. The summed E-state index contributed by atoms with van der Waals surface area (Å²) in [6.45, 7) is 12.1. The minimum atomic E-state index is 0.145. The van der Waals surface area contributed by atoms with Gasteiger partial charge in [0, 0.05) is 11.5 Å². The smallest absolute Gasteiger partial charge is 0.0732 e. The van der Waals surface area contributed by atoms with E-state index in [1.54, 1.807) is 0 Å². The van der Waals surface area contributed by atoms with E-state index < -0.39 is 0 Å². The maximum atomic E-state index is 4.25. The van der Waals surface area contributed by atoms with Crippen molar-refractivity contribution in [1.29, 1.82) is 0 Å². The van der Waals surface area contributed by atoms with Gasteiger partial charge in [-0.2, -0.15) is 0 Å². The van der Waals surface area contributed by atoms with Crippen LogP contribution in [0.15, 0.2) is 36.5 Å². The number of nitrogens with zero attached hydrogens (tertiary/aromatic N) is 3. The molecule has 0 aliphatic heterocycles. The molecule has 0 bridgehead atoms. The fourth-order valence-electron chi connectivity index (χ4n) is 2.26. The highest BCUT2D eigenvalue weighted by Gasteiger charge is 2.21. The Kier molecular flexibility index (Phi) is 4.78. The molecule has 0 amide bonds. The zero-order valence-electron chi connectivity index (χ0n) is 13.7. The number of para-hydroxylation sites is 1. The molecule has 2 rings (SSSR count). The van der Waals surface area contributed by atoms with Crippen molar-refractivity contribution in [2.45, 2.75) is 46.1 Å². The second kappa shape index (κ2) is 6.39. The van der Waals surface area contributed by atoms with E-state index in [0.717, 1.165) is 17.9 Å². The molecule has 2 atom stereocenters. The van der Waals surface area contributed by atoms with Gasteiger partial charge >= 0.3 is 0 Å². The van der Waals surface area contributed by atoms with Gasteiger partial charge in [-0.15, -0.1) is 5.10 Å². The van der Waals surface area contributed by atoms with Crippen molar-refractivity contribution in [3.05, 3.63) is 42.2 Å². The predicted molar refractivity (Wildman–Crippen MR) is 86.7 cm³/mol. The van der Waals surface area contributed by atoms with Crippen LogP contribution in [0.3, 0.4) is 0 Å². The molecule has 0 saturated carbocycles. The van der Waals surface area contributed by atoms with Gasteiger partial charge in [-0.25, -0.2) is 4.68 Å². The van der Waals surface area contributed by atoms with Gasteiger partial charge in [0.25, 0.3) is 0 Å². The maximum Gasteiger partial charge on any atom is 0.0732 e. The van der Waals surface area contributed by atoms with Crippen LogP contribution < -0.4 is 5.32 Å². The summed E-state index contributed by atoms with van der Waals surface area (Å²) in [5.41, 5.74) is 2.36. The van der Waals surface area contributed by atoms with Gasteiger partial charge < -0.3 is 5.32 Å². The molecule has 1 aromatic heterocycles. The second-order valence-corrected chi connectivity index (χ2v) is 6.80. The summed E-state index contributed by atoms with van der Waals surface area (Å²) in [7, 11) is 0. The molecule has 1 aromatic carbocycles. The zero-order valence-corrected chi connectivity index (χ0v) is 13.7. The van der Waals surface area contributed by atoms with Crippen LogP contribution >= 0.6 is 0 Å². The van der Waals surface area contributed by atoms with Crippen molar-refractivity contribution >= 4 is 0 Å². The Morgan fingerprint density at radius 2 is 1.81 bits per heavy atom. The molecular weight excluding hydrogens is 260 g/mol. The average Bonchev–Trinajstić information content (AvgIpc) is 2.93. The third kappa shape index (κ3) is 4.14. The van der Waals surface area contributed by atoms with Crippen LogP contribution in [0.2, 0.25) is 0 Å². The first-order chi connectivity index (χ1) is 9.88. The van der Waals surface area contributed by atoms with Crippen molar-refractivity contribution in [2.75, 3.05) is 6.54 Å². The molecule has 0 radical (unpaired) electrons. The first kappa shape index (κ1) is 15.7. The van der Waals surface area contributed by atoms with E-state index in [4.69, 9.17) is 0 Å². The average molecular weight is 286 g/mol. The van der Waals surface area contributed by atoms with Gasteiger partial charge in [0.05, 0.1) is 17.6 Å². The molecule has 0 spiro atoms. The Hall–Kier alpha value is -1.68.